The van der Waals surface area contributed by atoms with Gasteiger partial charge in [0.05, 0.1) is 11.4 Å². The van der Waals surface area contributed by atoms with Crippen molar-refractivity contribution in [1.82, 2.24) is 25.6 Å². The molecule has 0 bridgehead atoms. The van der Waals surface area contributed by atoms with Gasteiger partial charge in [0.2, 0.25) is 0 Å². The maximum atomic E-state index is 11.9. The van der Waals surface area contributed by atoms with Gasteiger partial charge in [-0.2, -0.15) is 5.10 Å². The van der Waals surface area contributed by atoms with Crippen LogP contribution in [-0.4, -0.2) is 38.4 Å². The Morgan fingerprint density at radius 2 is 2.08 bits per heavy atom. The van der Waals surface area contributed by atoms with E-state index in [1.807, 2.05) is 49.4 Å². The van der Waals surface area contributed by atoms with Gasteiger partial charge in [0.15, 0.2) is 6.61 Å². The van der Waals surface area contributed by atoms with Crippen LogP contribution in [0.3, 0.4) is 0 Å². The van der Waals surface area contributed by atoms with Gasteiger partial charge < -0.3 is 4.74 Å². The molecule has 1 aromatic heterocycles. The van der Waals surface area contributed by atoms with Crippen LogP contribution in [0.1, 0.15) is 18.1 Å². The highest BCUT2D eigenvalue weighted by atomic mass is 16.5. The maximum absolute atomic E-state index is 11.9. The minimum Gasteiger partial charge on any atom is -0.484 e. The normalized spacial score (nSPS) is 11.2. The summed E-state index contributed by atoms with van der Waals surface area (Å²) >= 11 is 0. The number of carbonyl (C=O) groups is 1. The molecule has 0 saturated carbocycles. The Labute approximate surface area is 150 Å². The van der Waals surface area contributed by atoms with Gasteiger partial charge in [-0.25, -0.2) is 10.1 Å². The number of nitrogens with one attached hydrogen (secondary N) is 1. The molecule has 8 nitrogen and oxygen atoms in total. The molecule has 0 spiro atoms. The molecule has 8 heteroatoms. The fourth-order valence-electron chi connectivity index (χ4n) is 2.25. The monoisotopic (exact) mass is 350 g/mol. The van der Waals surface area contributed by atoms with Crippen molar-refractivity contribution in [2.75, 3.05) is 6.61 Å². The van der Waals surface area contributed by atoms with Gasteiger partial charge in [0, 0.05) is 0 Å². The third-order valence-corrected chi connectivity index (χ3v) is 3.59. The predicted molar refractivity (Wildman–Crippen MR) is 96.2 cm³/mol. The molecule has 2 aromatic carbocycles. The first-order chi connectivity index (χ1) is 12.6. The van der Waals surface area contributed by atoms with Crippen LogP contribution in [-0.2, 0) is 4.79 Å². The van der Waals surface area contributed by atoms with Crippen molar-refractivity contribution in [3.05, 3.63) is 66.0 Å². The van der Waals surface area contributed by atoms with Gasteiger partial charge in [-0.15, -0.1) is 5.10 Å². The second-order valence-electron chi connectivity index (χ2n) is 5.64. The van der Waals surface area contributed by atoms with E-state index in [-0.39, 0.29) is 12.5 Å². The SMILES string of the molecule is CC(=NNC(=O)COc1cccc(C)c1)c1cccc(-n2cnnn2)c1. The number of hydrogen-bond donors (Lipinski definition) is 1. The molecular weight excluding hydrogens is 332 g/mol. The van der Waals surface area contributed by atoms with Crippen molar-refractivity contribution in [2.45, 2.75) is 13.8 Å². The van der Waals surface area contributed by atoms with Crippen LogP contribution in [0.15, 0.2) is 60.0 Å². The molecule has 0 radical (unpaired) electrons. The molecule has 0 aliphatic carbocycles. The number of hydrogen-bond acceptors (Lipinski definition) is 6. The van der Waals surface area contributed by atoms with Crippen molar-refractivity contribution >= 4 is 11.6 Å². The molecule has 0 aliphatic heterocycles. The Bertz CT molecular complexity index is 921. The van der Waals surface area contributed by atoms with Gasteiger partial charge in [-0.1, -0.05) is 24.3 Å². The van der Waals surface area contributed by atoms with Gasteiger partial charge in [0.25, 0.3) is 5.91 Å². The summed E-state index contributed by atoms with van der Waals surface area (Å²) in [4.78, 5) is 11.9. The summed E-state index contributed by atoms with van der Waals surface area (Å²) in [5, 5.41) is 15.2. The van der Waals surface area contributed by atoms with Crippen molar-refractivity contribution in [1.29, 1.82) is 0 Å². The number of nitrogens with zero attached hydrogens (tertiary/aromatic N) is 5. The predicted octanol–water partition coefficient (Wildman–Crippen LogP) is 1.89. The second-order valence-corrected chi connectivity index (χ2v) is 5.64. The first kappa shape index (κ1) is 17.3. The fourth-order valence-corrected chi connectivity index (χ4v) is 2.25. The number of aromatic nitrogens is 4. The Kier molecular flexibility index (Phi) is 5.33. The number of aryl methyl sites for hydroxylation is 1. The Morgan fingerprint density at radius 1 is 1.23 bits per heavy atom. The first-order valence-electron chi connectivity index (χ1n) is 7.98. The summed E-state index contributed by atoms with van der Waals surface area (Å²) in [6.07, 6.45) is 1.51. The Morgan fingerprint density at radius 3 is 2.85 bits per heavy atom. The van der Waals surface area contributed by atoms with Gasteiger partial charge >= 0.3 is 0 Å². The standard InChI is InChI=1S/C18H18N6O2/c1-13-5-3-8-17(9-13)26-11-18(25)21-20-14(2)15-6-4-7-16(10-15)24-12-19-22-23-24/h3-10,12H,11H2,1-2H3,(H,21,25). The van der Waals surface area contributed by atoms with E-state index in [0.717, 1.165) is 16.8 Å². The van der Waals surface area contributed by atoms with Crippen LogP contribution in [0, 0.1) is 6.92 Å². The van der Waals surface area contributed by atoms with Gasteiger partial charge in [-0.05, 0) is 59.7 Å². The number of carbonyl (C=O) groups excluding carboxylic acids is 1. The lowest BCUT2D eigenvalue weighted by Gasteiger charge is -2.07. The van der Waals surface area contributed by atoms with Crippen LogP contribution in [0.2, 0.25) is 0 Å². The summed E-state index contributed by atoms with van der Waals surface area (Å²) < 4.78 is 6.99. The van der Waals surface area contributed by atoms with Crippen molar-refractivity contribution < 1.29 is 9.53 Å². The third-order valence-electron chi connectivity index (χ3n) is 3.59. The zero-order chi connectivity index (χ0) is 18.4. The van der Waals surface area contributed by atoms with Crippen LogP contribution < -0.4 is 10.2 Å². The topological polar surface area (TPSA) is 94.3 Å². The van der Waals surface area contributed by atoms with Crippen LogP contribution in [0.5, 0.6) is 5.75 Å². The molecule has 0 unspecified atom stereocenters. The molecule has 1 N–H and O–H groups in total. The van der Waals surface area contributed by atoms with E-state index in [9.17, 15) is 4.79 Å². The molecule has 132 valence electrons. The van der Waals surface area contributed by atoms with E-state index >= 15 is 0 Å². The number of hydrazone groups is 1. The number of tetrazole rings is 1. The van der Waals surface area contributed by atoms with E-state index in [4.69, 9.17) is 4.74 Å². The van der Waals surface area contributed by atoms with E-state index in [2.05, 4.69) is 26.1 Å². The summed E-state index contributed by atoms with van der Waals surface area (Å²) in [7, 11) is 0. The smallest absolute Gasteiger partial charge is 0.277 e. The largest absolute Gasteiger partial charge is 0.484 e. The average Bonchev–Trinajstić information content (AvgIpc) is 3.19. The molecular formula is C18H18N6O2. The van der Waals surface area contributed by atoms with Crippen LogP contribution >= 0.6 is 0 Å². The van der Waals surface area contributed by atoms with E-state index in [0.29, 0.717) is 11.5 Å². The highest BCUT2D eigenvalue weighted by Gasteiger charge is 2.05. The minimum absolute atomic E-state index is 0.106. The molecule has 0 fully saturated rings. The lowest BCUT2D eigenvalue weighted by atomic mass is 10.1. The molecule has 1 amide bonds. The highest BCUT2D eigenvalue weighted by Crippen LogP contribution is 2.12. The summed E-state index contributed by atoms with van der Waals surface area (Å²) in [6.45, 7) is 3.66. The lowest BCUT2D eigenvalue weighted by Crippen LogP contribution is -2.25. The van der Waals surface area contributed by atoms with Crippen LogP contribution in [0.25, 0.3) is 5.69 Å². The minimum atomic E-state index is -0.331. The van der Waals surface area contributed by atoms with E-state index < -0.39 is 0 Å². The van der Waals surface area contributed by atoms with Crippen molar-refractivity contribution in [3.63, 3.8) is 0 Å². The maximum Gasteiger partial charge on any atom is 0.277 e. The number of ether oxygens (including phenoxy) is 1. The number of rotatable bonds is 6. The third kappa shape index (κ3) is 4.50. The number of amides is 1. The Hall–Kier alpha value is -3.55. The zero-order valence-corrected chi connectivity index (χ0v) is 14.5. The summed E-state index contributed by atoms with van der Waals surface area (Å²) in [6, 6.07) is 15.0. The van der Waals surface area contributed by atoms with Gasteiger partial charge in [0.1, 0.15) is 12.1 Å². The Balaban J connectivity index is 1.59. The molecule has 3 aromatic rings. The first-order valence-corrected chi connectivity index (χ1v) is 7.98. The second kappa shape index (κ2) is 8.02. The zero-order valence-electron chi connectivity index (χ0n) is 14.5. The lowest BCUT2D eigenvalue weighted by molar-refractivity contribution is -0.123. The number of benzene rings is 2. The van der Waals surface area contributed by atoms with Crippen molar-refractivity contribution in [3.8, 4) is 11.4 Å². The fraction of sp³-hybridized carbons (Fsp3) is 0.167. The van der Waals surface area contributed by atoms with Crippen molar-refractivity contribution in [2.24, 2.45) is 5.10 Å². The molecule has 0 aliphatic rings. The van der Waals surface area contributed by atoms with E-state index in [1.165, 1.54) is 6.33 Å². The highest BCUT2D eigenvalue weighted by molar-refractivity contribution is 5.99. The summed E-state index contributed by atoms with van der Waals surface area (Å²) in [5.41, 5.74) is 5.87. The summed E-state index contributed by atoms with van der Waals surface area (Å²) in [5.74, 6) is 0.317. The molecule has 0 atom stereocenters. The molecule has 26 heavy (non-hydrogen) atoms. The van der Waals surface area contributed by atoms with Gasteiger partial charge in [-0.3, -0.25) is 4.79 Å². The molecule has 0 saturated heterocycles. The quantitative estimate of drug-likeness (QED) is 0.541. The van der Waals surface area contributed by atoms with Crippen LogP contribution in [0.4, 0.5) is 0 Å². The average molecular weight is 350 g/mol. The molecule has 3 rings (SSSR count). The molecule has 1 heterocycles. The van der Waals surface area contributed by atoms with E-state index in [1.54, 1.807) is 17.7 Å².